The van der Waals surface area contributed by atoms with Gasteiger partial charge in [-0.15, -0.1) is 0 Å². The first-order valence-corrected chi connectivity index (χ1v) is 13.0. The quantitative estimate of drug-likeness (QED) is 0.505. The number of rotatable bonds is 10. The summed E-state index contributed by atoms with van der Waals surface area (Å²) in [7, 11) is -3.82. The topological polar surface area (TPSA) is 128 Å². The lowest BCUT2D eigenvalue weighted by atomic mass is 9.84. The summed E-state index contributed by atoms with van der Waals surface area (Å²) in [6, 6.07) is 0. The van der Waals surface area contributed by atoms with E-state index in [4.69, 9.17) is 9.26 Å². The zero-order chi connectivity index (χ0) is 23.9. The van der Waals surface area contributed by atoms with Gasteiger partial charge in [-0.25, -0.2) is 13.1 Å². The number of amides is 1. The SMILES string of the molecule is CC(C)S(=O)(=O)NC(=O)c1noc(C(CCCC2CCCCC2)CC(=O)OC(C)(C)C)n1. The fourth-order valence-corrected chi connectivity index (χ4v) is 4.40. The highest BCUT2D eigenvalue weighted by Gasteiger charge is 2.29. The molecule has 1 aliphatic carbocycles. The average molecular weight is 472 g/mol. The summed E-state index contributed by atoms with van der Waals surface area (Å²) < 4.78 is 36.5. The highest BCUT2D eigenvalue weighted by Crippen LogP contribution is 2.31. The van der Waals surface area contributed by atoms with Crippen molar-refractivity contribution in [1.82, 2.24) is 14.9 Å². The molecule has 0 radical (unpaired) electrons. The molecule has 1 amide bonds. The van der Waals surface area contributed by atoms with Crippen LogP contribution in [0.15, 0.2) is 4.52 Å². The fourth-order valence-electron chi connectivity index (χ4n) is 3.81. The molecule has 0 bridgehead atoms. The summed E-state index contributed by atoms with van der Waals surface area (Å²) in [5.74, 6) is -1.25. The van der Waals surface area contributed by atoms with Crippen LogP contribution in [0.3, 0.4) is 0 Å². The largest absolute Gasteiger partial charge is 0.460 e. The molecule has 1 fully saturated rings. The van der Waals surface area contributed by atoms with Crippen molar-refractivity contribution >= 4 is 21.9 Å². The minimum atomic E-state index is -3.82. The van der Waals surface area contributed by atoms with Crippen molar-refractivity contribution in [3.05, 3.63) is 11.7 Å². The van der Waals surface area contributed by atoms with E-state index in [0.29, 0.717) is 12.3 Å². The molecule has 32 heavy (non-hydrogen) atoms. The number of sulfonamides is 1. The van der Waals surface area contributed by atoms with Crippen LogP contribution in [0.2, 0.25) is 0 Å². The van der Waals surface area contributed by atoms with Crippen LogP contribution in [0.4, 0.5) is 0 Å². The van der Waals surface area contributed by atoms with Crippen LogP contribution in [0.5, 0.6) is 0 Å². The Bertz CT molecular complexity index is 866. The Balaban J connectivity index is 2.08. The zero-order valence-electron chi connectivity index (χ0n) is 19.8. The molecule has 1 N–H and O–H groups in total. The van der Waals surface area contributed by atoms with Crippen molar-refractivity contribution in [2.75, 3.05) is 0 Å². The third-order valence-corrected chi connectivity index (χ3v) is 7.28. The van der Waals surface area contributed by atoms with Crippen molar-refractivity contribution in [1.29, 1.82) is 0 Å². The molecular formula is C22H37N3O6S. The zero-order valence-corrected chi connectivity index (χ0v) is 20.7. The normalized spacial score (nSPS) is 16.7. The second kappa shape index (κ2) is 11.2. The second-order valence-electron chi connectivity index (χ2n) is 9.90. The fraction of sp³-hybridized carbons (Fsp3) is 0.818. The van der Waals surface area contributed by atoms with Gasteiger partial charge in [0.1, 0.15) is 5.60 Å². The summed E-state index contributed by atoms with van der Waals surface area (Å²) >= 11 is 0. The molecule has 0 saturated heterocycles. The third-order valence-electron chi connectivity index (χ3n) is 5.57. The summed E-state index contributed by atoms with van der Waals surface area (Å²) in [4.78, 5) is 28.8. The number of hydrogen-bond acceptors (Lipinski definition) is 8. The predicted octanol–water partition coefficient (Wildman–Crippen LogP) is 4.10. The van der Waals surface area contributed by atoms with Crippen LogP contribution < -0.4 is 4.72 Å². The van der Waals surface area contributed by atoms with Gasteiger partial charge in [-0.1, -0.05) is 50.1 Å². The lowest BCUT2D eigenvalue weighted by Gasteiger charge is -2.23. The van der Waals surface area contributed by atoms with Crippen LogP contribution in [0, 0.1) is 5.92 Å². The molecule has 0 spiro atoms. The van der Waals surface area contributed by atoms with Gasteiger partial charge >= 0.3 is 11.9 Å². The van der Waals surface area contributed by atoms with Gasteiger partial charge < -0.3 is 9.26 Å². The van der Waals surface area contributed by atoms with E-state index in [1.807, 2.05) is 4.72 Å². The average Bonchev–Trinajstić information content (AvgIpc) is 3.16. The first kappa shape index (κ1) is 26.3. The Morgan fingerprint density at radius 3 is 2.44 bits per heavy atom. The molecule has 1 unspecified atom stereocenters. The summed E-state index contributed by atoms with van der Waals surface area (Å²) in [5, 5.41) is 2.87. The van der Waals surface area contributed by atoms with Crippen molar-refractivity contribution in [3.8, 4) is 0 Å². The van der Waals surface area contributed by atoms with Gasteiger partial charge in [-0.05, 0) is 47.0 Å². The van der Waals surface area contributed by atoms with E-state index in [2.05, 4.69) is 10.1 Å². The Kier molecular flexibility index (Phi) is 9.24. The number of esters is 1. The van der Waals surface area contributed by atoms with E-state index >= 15 is 0 Å². The minimum Gasteiger partial charge on any atom is -0.460 e. The Hall–Kier alpha value is -1.97. The molecule has 1 heterocycles. The Morgan fingerprint density at radius 2 is 1.84 bits per heavy atom. The van der Waals surface area contributed by atoms with Gasteiger partial charge in [-0.2, -0.15) is 4.98 Å². The molecule has 182 valence electrons. The molecule has 0 aromatic carbocycles. The predicted molar refractivity (Wildman–Crippen MR) is 119 cm³/mol. The lowest BCUT2D eigenvalue weighted by Crippen LogP contribution is -2.36. The van der Waals surface area contributed by atoms with E-state index in [-0.39, 0.29) is 24.1 Å². The van der Waals surface area contributed by atoms with E-state index in [9.17, 15) is 18.0 Å². The van der Waals surface area contributed by atoms with Crippen LogP contribution in [0.1, 0.15) is 115 Å². The van der Waals surface area contributed by atoms with Gasteiger partial charge in [0.15, 0.2) is 0 Å². The summed E-state index contributed by atoms with van der Waals surface area (Å²) in [6.45, 7) is 8.31. The summed E-state index contributed by atoms with van der Waals surface area (Å²) in [6.07, 6.45) is 8.98. The molecule has 9 nitrogen and oxygen atoms in total. The maximum Gasteiger partial charge on any atom is 0.307 e. The first-order valence-electron chi connectivity index (χ1n) is 11.5. The van der Waals surface area contributed by atoms with Gasteiger partial charge in [0.25, 0.3) is 5.82 Å². The number of nitrogens with zero attached hydrogens (tertiary/aromatic N) is 2. The van der Waals surface area contributed by atoms with Crippen LogP contribution in [-0.4, -0.2) is 41.3 Å². The summed E-state index contributed by atoms with van der Waals surface area (Å²) in [5.41, 5.74) is -0.616. The van der Waals surface area contributed by atoms with E-state index in [1.54, 1.807) is 20.8 Å². The number of hydrogen-bond donors (Lipinski definition) is 1. The van der Waals surface area contributed by atoms with E-state index in [1.165, 1.54) is 46.0 Å². The van der Waals surface area contributed by atoms with E-state index < -0.39 is 32.7 Å². The highest BCUT2D eigenvalue weighted by molar-refractivity contribution is 7.90. The van der Waals surface area contributed by atoms with Gasteiger partial charge in [0, 0.05) is 5.92 Å². The lowest BCUT2D eigenvalue weighted by molar-refractivity contribution is -0.155. The van der Waals surface area contributed by atoms with Gasteiger partial charge in [0.05, 0.1) is 11.7 Å². The smallest absolute Gasteiger partial charge is 0.307 e. The third kappa shape index (κ3) is 8.52. The van der Waals surface area contributed by atoms with Gasteiger partial charge in [0.2, 0.25) is 15.9 Å². The molecule has 2 rings (SSSR count). The number of nitrogens with one attached hydrogen (secondary N) is 1. The number of carbonyl (C=O) groups is 2. The maximum absolute atomic E-state index is 12.4. The molecular weight excluding hydrogens is 434 g/mol. The first-order chi connectivity index (χ1) is 14.9. The number of aromatic nitrogens is 2. The Labute approximate surface area is 191 Å². The number of ether oxygens (including phenoxy) is 1. The van der Waals surface area contributed by atoms with Gasteiger partial charge in [-0.3, -0.25) is 9.59 Å². The molecule has 10 heteroatoms. The van der Waals surface area contributed by atoms with Crippen molar-refractivity contribution in [2.24, 2.45) is 5.92 Å². The van der Waals surface area contributed by atoms with Crippen LogP contribution in [-0.2, 0) is 19.6 Å². The minimum absolute atomic E-state index is 0.0511. The Morgan fingerprint density at radius 1 is 1.19 bits per heavy atom. The monoisotopic (exact) mass is 471 g/mol. The maximum atomic E-state index is 12.4. The molecule has 1 saturated carbocycles. The molecule has 1 atom stereocenters. The second-order valence-corrected chi connectivity index (χ2v) is 12.1. The molecule has 1 aromatic rings. The number of carbonyl (C=O) groups excluding carboxylic acids is 2. The van der Waals surface area contributed by atoms with Crippen molar-refractivity contribution in [2.45, 2.75) is 109 Å². The molecule has 1 aliphatic rings. The molecule has 1 aromatic heterocycles. The standard InChI is InChI=1S/C22H37N3O6S/c1-15(2)32(28,29)25-20(27)19-23-21(31-24-19)17(14-18(26)30-22(3,4)5)13-9-12-16-10-7-6-8-11-16/h15-17H,6-14H2,1-5H3,(H,25,27). The van der Waals surface area contributed by atoms with E-state index in [0.717, 1.165) is 12.8 Å². The van der Waals surface area contributed by atoms with Crippen LogP contribution in [0.25, 0.3) is 0 Å². The highest BCUT2D eigenvalue weighted by atomic mass is 32.2. The van der Waals surface area contributed by atoms with Crippen molar-refractivity contribution in [3.63, 3.8) is 0 Å². The molecule has 0 aliphatic heterocycles. The van der Waals surface area contributed by atoms with Crippen molar-refractivity contribution < 1.29 is 27.3 Å². The van der Waals surface area contributed by atoms with Crippen LogP contribution >= 0.6 is 0 Å².